The van der Waals surface area contributed by atoms with Gasteiger partial charge >= 0.3 is 5.84 Å². The van der Waals surface area contributed by atoms with E-state index in [1.165, 1.54) is 18.4 Å². The van der Waals surface area contributed by atoms with Gasteiger partial charge in [-0.2, -0.15) is 9.50 Å². The zero-order valence-electron chi connectivity index (χ0n) is 16.4. The minimum absolute atomic E-state index is 0.520. The molecule has 5 nitrogen and oxygen atoms in total. The molecule has 6 heteroatoms. The molecule has 3 heterocycles. The highest BCUT2D eigenvalue weighted by Gasteiger charge is 2.24. The number of aromatic nitrogens is 3. The van der Waals surface area contributed by atoms with Crippen molar-refractivity contribution in [1.29, 1.82) is 0 Å². The van der Waals surface area contributed by atoms with Gasteiger partial charge in [0.2, 0.25) is 0 Å². The van der Waals surface area contributed by atoms with E-state index in [4.69, 9.17) is 21.1 Å². The molecule has 2 aromatic carbocycles. The molecule has 0 spiro atoms. The highest BCUT2D eigenvalue weighted by atomic mass is 35.5. The number of nitrogens with zero attached hydrogens (tertiary/aromatic N) is 4. The summed E-state index contributed by atoms with van der Waals surface area (Å²) in [5.41, 5.74) is 3.33. The van der Waals surface area contributed by atoms with E-state index in [9.17, 15) is 0 Å². The number of benzene rings is 2. The predicted molar refractivity (Wildman–Crippen MR) is 114 cm³/mol. The third kappa shape index (κ3) is 3.56. The Morgan fingerprint density at radius 3 is 2.52 bits per heavy atom. The predicted octanol–water partition coefficient (Wildman–Crippen LogP) is 5.33. The lowest BCUT2D eigenvalue weighted by Crippen LogP contribution is -2.33. The van der Waals surface area contributed by atoms with Gasteiger partial charge in [0.05, 0.1) is 10.7 Å². The Hall–Kier alpha value is -2.63. The van der Waals surface area contributed by atoms with Crippen LogP contribution in [-0.2, 0) is 6.54 Å². The lowest BCUT2D eigenvalue weighted by Gasteiger charge is -2.31. The second-order valence-corrected chi connectivity index (χ2v) is 8.08. The zero-order chi connectivity index (χ0) is 19.8. The smallest absolute Gasteiger partial charge is 0.325 e. The van der Waals surface area contributed by atoms with E-state index in [1.54, 1.807) is 0 Å². The lowest BCUT2D eigenvalue weighted by atomic mass is 9.89. The van der Waals surface area contributed by atoms with Crippen LogP contribution in [0.1, 0.15) is 35.8 Å². The van der Waals surface area contributed by atoms with Crippen LogP contribution in [-0.4, -0.2) is 32.6 Å². The van der Waals surface area contributed by atoms with Crippen LogP contribution in [0.25, 0.3) is 17.2 Å². The second kappa shape index (κ2) is 7.65. The van der Waals surface area contributed by atoms with E-state index in [0.29, 0.717) is 22.6 Å². The van der Waals surface area contributed by atoms with Crippen molar-refractivity contribution >= 4 is 17.4 Å². The molecule has 1 aliphatic rings. The third-order valence-electron chi connectivity index (χ3n) is 5.83. The molecule has 0 amide bonds. The Labute approximate surface area is 174 Å². The minimum atomic E-state index is 0.520. The van der Waals surface area contributed by atoms with E-state index in [1.807, 2.05) is 35.7 Å². The van der Waals surface area contributed by atoms with Crippen molar-refractivity contribution in [2.24, 2.45) is 0 Å². The molecule has 0 saturated carbocycles. The molecule has 29 heavy (non-hydrogen) atoms. The Balaban J connectivity index is 1.34. The average molecular weight is 407 g/mol. The molecule has 1 fully saturated rings. The number of oxazole rings is 1. The molecule has 1 aliphatic heterocycles. The van der Waals surface area contributed by atoms with Gasteiger partial charge < -0.3 is 4.42 Å². The van der Waals surface area contributed by atoms with Gasteiger partial charge in [0.15, 0.2) is 5.82 Å². The van der Waals surface area contributed by atoms with Gasteiger partial charge in [-0.05, 0) is 56.5 Å². The number of hydrogen-bond donors (Lipinski definition) is 0. The van der Waals surface area contributed by atoms with Crippen LogP contribution >= 0.6 is 11.6 Å². The largest absolute Gasteiger partial charge is 0.427 e. The molecule has 4 aromatic rings. The molecule has 1 saturated heterocycles. The normalized spacial score (nSPS) is 15.9. The maximum atomic E-state index is 6.32. The maximum Gasteiger partial charge on any atom is 0.325 e. The molecule has 0 radical (unpaired) electrons. The fourth-order valence-electron chi connectivity index (χ4n) is 4.18. The quantitative estimate of drug-likeness (QED) is 0.459. The van der Waals surface area contributed by atoms with Crippen LogP contribution in [0.15, 0.2) is 59.0 Å². The van der Waals surface area contributed by atoms with Gasteiger partial charge in [0, 0.05) is 12.1 Å². The van der Waals surface area contributed by atoms with Gasteiger partial charge in [-0.15, -0.1) is 5.10 Å². The summed E-state index contributed by atoms with van der Waals surface area (Å²) >= 11 is 6.32. The van der Waals surface area contributed by atoms with Gasteiger partial charge in [0.25, 0.3) is 0 Å². The van der Waals surface area contributed by atoms with Crippen LogP contribution in [0.2, 0.25) is 5.02 Å². The van der Waals surface area contributed by atoms with E-state index in [0.717, 1.165) is 36.7 Å². The lowest BCUT2D eigenvalue weighted by molar-refractivity contribution is 0.200. The Morgan fingerprint density at radius 2 is 1.76 bits per heavy atom. The molecule has 5 rings (SSSR count). The number of halogens is 1. The number of rotatable bonds is 4. The molecule has 0 N–H and O–H groups in total. The van der Waals surface area contributed by atoms with Crippen LogP contribution in [0, 0.1) is 6.92 Å². The van der Waals surface area contributed by atoms with Crippen LogP contribution < -0.4 is 0 Å². The first-order chi connectivity index (χ1) is 14.2. The monoisotopic (exact) mass is 406 g/mol. The summed E-state index contributed by atoms with van der Waals surface area (Å²) in [6.45, 7) is 4.93. The summed E-state index contributed by atoms with van der Waals surface area (Å²) < 4.78 is 7.72. The van der Waals surface area contributed by atoms with Gasteiger partial charge in [-0.1, -0.05) is 54.1 Å². The molecular formula is C23H23ClN4O. The zero-order valence-corrected chi connectivity index (χ0v) is 17.1. The molecule has 0 aliphatic carbocycles. The molecule has 0 bridgehead atoms. The summed E-state index contributed by atoms with van der Waals surface area (Å²) in [7, 11) is 0. The fraction of sp³-hybridized carbons (Fsp3) is 0.304. The SMILES string of the molecule is Cc1oc2nc(-c3ccccc3Cl)nn2c1CN1CCC(c2ccccc2)CC1. The van der Waals surface area contributed by atoms with Crippen LogP contribution in [0.3, 0.4) is 0 Å². The number of aryl methyl sites for hydroxylation is 1. The topological polar surface area (TPSA) is 46.6 Å². The molecule has 0 unspecified atom stereocenters. The molecule has 0 atom stereocenters. The summed E-state index contributed by atoms with van der Waals surface area (Å²) in [5, 5.41) is 5.33. The first-order valence-electron chi connectivity index (χ1n) is 10.1. The fourth-order valence-corrected chi connectivity index (χ4v) is 4.40. The standard InChI is InChI=1S/C23H23ClN4O/c1-16-21(15-27-13-11-18(12-14-27)17-7-3-2-4-8-17)28-23(29-16)25-22(26-28)19-9-5-6-10-20(19)24/h2-10,18H,11-15H2,1H3. The second-order valence-electron chi connectivity index (χ2n) is 7.68. The summed E-state index contributed by atoms with van der Waals surface area (Å²) in [4.78, 5) is 7.03. The van der Waals surface area contributed by atoms with E-state index in [-0.39, 0.29) is 0 Å². The van der Waals surface area contributed by atoms with Crippen LogP contribution in [0.4, 0.5) is 0 Å². The number of likely N-dealkylation sites (tertiary alicyclic amines) is 1. The van der Waals surface area contributed by atoms with Crippen molar-refractivity contribution in [2.75, 3.05) is 13.1 Å². The average Bonchev–Trinajstić information content (AvgIpc) is 3.28. The van der Waals surface area contributed by atoms with E-state index >= 15 is 0 Å². The highest BCUT2D eigenvalue weighted by molar-refractivity contribution is 6.33. The number of hydrogen-bond acceptors (Lipinski definition) is 4. The van der Waals surface area contributed by atoms with Gasteiger partial charge in [-0.3, -0.25) is 4.90 Å². The minimum Gasteiger partial charge on any atom is -0.427 e. The van der Waals surface area contributed by atoms with Crippen molar-refractivity contribution < 1.29 is 4.42 Å². The Bertz CT molecular complexity index is 1130. The van der Waals surface area contributed by atoms with Crippen LogP contribution in [0.5, 0.6) is 0 Å². The van der Waals surface area contributed by atoms with Crippen molar-refractivity contribution in [1.82, 2.24) is 19.5 Å². The van der Waals surface area contributed by atoms with Crippen molar-refractivity contribution in [3.8, 4) is 11.4 Å². The summed E-state index contributed by atoms with van der Waals surface area (Å²) in [5.74, 6) is 2.64. The van der Waals surface area contributed by atoms with Gasteiger partial charge in [-0.25, -0.2) is 0 Å². The molecule has 2 aromatic heterocycles. The first kappa shape index (κ1) is 18.4. The van der Waals surface area contributed by atoms with E-state index < -0.39 is 0 Å². The Kier molecular flexibility index (Phi) is 4.86. The first-order valence-corrected chi connectivity index (χ1v) is 10.4. The maximum absolute atomic E-state index is 6.32. The van der Waals surface area contributed by atoms with E-state index in [2.05, 4.69) is 40.2 Å². The van der Waals surface area contributed by atoms with Crippen molar-refractivity contribution in [3.05, 3.63) is 76.6 Å². The number of fused-ring (bicyclic) bond motifs is 1. The summed E-state index contributed by atoms with van der Waals surface area (Å²) in [6, 6.07) is 18.5. The third-order valence-corrected chi connectivity index (χ3v) is 6.16. The molecular weight excluding hydrogens is 384 g/mol. The summed E-state index contributed by atoms with van der Waals surface area (Å²) in [6.07, 6.45) is 2.35. The van der Waals surface area contributed by atoms with Crippen molar-refractivity contribution in [2.45, 2.75) is 32.2 Å². The molecule has 148 valence electrons. The number of piperidine rings is 1. The highest BCUT2D eigenvalue weighted by Crippen LogP contribution is 2.30. The van der Waals surface area contributed by atoms with Crippen molar-refractivity contribution in [3.63, 3.8) is 0 Å². The Morgan fingerprint density at radius 1 is 1.03 bits per heavy atom. The van der Waals surface area contributed by atoms with Gasteiger partial charge in [0.1, 0.15) is 5.76 Å².